The van der Waals surface area contributed by atoms with Gasteiger partial charge >= 0.3 is 0 Å². The van der Waals surface area contributed by atoms with Crippen molar-refractivity contribution in [2.75, 3.05) is 11.0 Å². The molecule has 1 amide bonds. The van der Waals surface area contributed by atoms with Crippen LogP contribution in [0.25, 0.3) is 5.70 Å². The fraction of sp³-hybridized carbons (Fsp3) is 0.200. The van der Waals surface area contributed by atoms with Crippen molar-refractivity contribution in [2.45, 2.75) is 18.9 Å². The third-order valence-electron chi connectivity index (χ3n) is 4.58. The minimum Gasteiger partial charge on any atom is -0.550 e. The SMILES string of the molecule is CS(=O)(=O)Nc1ccc(C2=C[C@@H](c3cccc([N+](=O)[O-])c3)N(C(=O)CCC(=O)[O-])N2)cc1. The van der Waals surface area contributed by atoms with Gasteiger partial charge in [-0.1, -0.05) is 24.3 Å². The molecule has 0 saturated heterocycles. The molecule has 0 aliphatic carbocycles. The summed E-state index contributed by atoms with van der Waals surface area (Å²) in [6, 6.07) is 11.4. The van der Waals surface area contributed by atoms with E-state index in [9.17, 15) is 33.2 Å². The summed E-state index contributed by atoms with van der Waals surface area (Å²) in [6.45, 7) is 0. The van der Waals surface area contributed by atoms with Crippen LogP contribution in [0.5, 0.6) is 0 Å². The van der Waals surface area contributed by atoms with E-state index in [1.165, 1.54) is 23.2 Å². The highest BCUT2D eigenvalue weighted by molar-refractivity contribution is 7.92. The van der Waals surface area contributed by atoms with E-state index in [1.54, 1.807) is 36.4 Å². The number of anilines is 1. The van der Waals surface area contributed by atoms with Gasteiger partial charge in [0, 0.05) is 30.2 Å². The van der Waals surface area contributed by atoms with Crippen LogP contribution >= 0.6 is 0 Å². The van der Waals surface area contributed by atoms with Crippen molar-refractivity contribution in [3.8, 4) is 0 Å². The topological polar surface area (TPSA) is 162 Å². The maximum atomic E-state index is 12.7. The molecule has 0 fully saturated rings. The van der Waals surface area contributed by atoms with Gasteiger partial charge in [0.15, 0.2) is 0 Å². The van der Waals surface area contributed by atoms with E-state index in [1.807, 2.05) is 0 Å². The van der Waals surface area contributed by atoms with E-state index in [2.05, 4.69) is 10.1 Å². The number of benzene rings is 2. The molecule has 0 aromatic heterocycles. The molecule has 2 aromatic rings. The number of nitrogens with zero attached hydrogens (tertiary/aromatic N) is 2. The van der Waals surface area contributed by atoms with Crippen molar-refractivity contribution in [1.29, 1.82) is 0 Å². The number of carboxylic acids is 1. The van der Waals surface area contributed by atoms with Crippen LogP contribution < -0.4 is 15.3 Å². The van der Waals surface area contributed by atoms with Crippen LogP contribution in [-0.4, -0.2) is 36.5 Å². The zero-order chi connectivity index (χ0) is 23.5. The second kappa shape index (κ2) is 9.06. The Bertz CT molecular complexity index is 1190. The first-order valence-corrected chi connectivity index (χ1v) is 11.3. The lowest BCUT2D eigenvalue weighted by Crippen LogP contribution is -2.40. The van der Waals surface area contributed by atoms with Crippen molar-refractivity contribution >= 4 is 39.0 Å². The number of nitro benzene ring substituents is 1. The number of amides is 1. The van der Waals surface area contributed by atoms with Gasteiger partial charge in [-0.3, -0.25) is 25.1 Å². The summed E-state index contributed by atoms with van der Waals surface area (Å²) in [5.41, 5.74) is 4.69. The second-order valence-electron chi connectivity index (χ2n) is 7.08. The van der Waals surface area contributed by atoms with E-state index < -0.39 is 39.3 Å². The van der Waals surface area contributed by atoms with Gasteiger partial charge < -0.3 is 9.90 Å². The van der Waals surface area contributed by atoms with Crippen LogP contribution in [0.15, 0.2) is 54.6 Å². The molecular formula is C20H19N4O7S-. The minimum atomic E-state index is -3.44. The number of non-ortho nitro benzene ring substituents is 1. The monoisotopic (exact) mass is 459 g/mol. The molecule has 2 N–H and O–H groups in total. The van der Waals surface area contributed by atoms with Crippen molar-refractivity contribution in [2.24, 2.45) is 0 Å². The van der Waals surface area contributed by atoms with Gasteiger partial charge in [0.05, 0.1) is 22.9 Å². The summed E-state index contributed by atoms with van der Waals surface area (Å²) in [7, 11) is -3.44. The number of hydrogen-bond acceptors (Lipinski definition) is 8. The van der Waals surface area contributed by atoms with E-state index in [4.69, 9.17) is 0 Å². The smallest absolute Gasteiger partial charge is 0.269 e. The summed E-state index contributed by atoms with van der Waals surface area (Å²) >= 11 is 0. The number of aliphatic carboxylic acids is 1. The van der Waals surface area contributed by atoms with Gasteiger partial charge in [0.25, 0.3) is 5.69 Å². The normalized spacial score (nSPS) is 15.6. The standard InChI is InChI=1S/C20H20N4O7S/c1-32(30,31)22-15-7-5-13(6-8-15)17-12-18(14-3-2-4-16(11-14)24(28)29)23(21-17)19(25)9-10-20(26)27/h2-8,11-12,18,21-22H,9-10H2,1H3,(H,26,27)/p-1/t18-/m0/s1. The molecule has 1 atom stereocenters. The van der Waals surface area contributed by atoms with Crippen LogP contribution in [0.4, 0.5) is 11.4 Å². The fourth-order valence-electron chi connectivity index (χ4n) is 3.18. The van der Waals surface area contributed by atoms with Crippen LogP contribution in [0.2, 0.25) is 0 Å². The lowest BCUT2D eigenvalue weighted by atomic mass is 10.0. The lowest BCUT2D eigenvalue weighted by molar-refractivity contribution is -0.384. The van der Waals surface area contributed by atoms with Crippen molar-refractivity contribution in [1.82, 2.24) is 10.4 Å². The Kier molecular flexibility index (Phi) is 6.44. The van der Waals surface area contributed by atoms with Gasteiger partial charge in [-0.15, -0.1) is 0 Å². The highest BCUT2D eigenvalue weighted by atomic mass is 32.2. The Morgan fingerprint density at radius 3 is 2.44 bits per heavy atom. The number of hydrazine groups is 1. The molecule has 168 valence electrons. The zero-order valence-electron chi connectivity index (χ0n) is 16.8. The quantitative estimate of drug-likeness (QED) is 0.435. The highest BCUT2D eigenvalue weighted by Crippen LogP contribution is 2.33. The molecule has 2 aromatic carbocycles. The number of rotatable bonds is 8. The van der Waals surface area contributed by atoms with Crippen molar-refractivity contribution in [3.05, 3.63) is 75.8 Å². The van der Waals surface area contributed by atoms with Crippen molar-refractivity contribution in [3.63, 3.8) is 0 Å². The number of carbonyl (C=O) groups excluding carboxylic acids is 2. The van der Waals surface area contributed by atoms with Crippen LogP contribution in [-0.2, 0) is 19.6 Å². The third kappa shape index (κ3) is 5.60. The van der Waals surface area contributed by atoms with E-state index in [-0.39, 0.29) is 12.1 Å². The van der Waals surface area contributed by atoms with Gasteiger partial charge in [0.1, 0.15) is 0 Å². The summed E-state index contributed by atoms with van der Waals surface area (Å²) < 4.78 is 25.1. The van der Waals surface area contributed by atoms with E-state index >= 15 is 0 Å². The van der Waals surface area contributed by atoms with Crippen LogP contribution in [0.3, 0.4) is 0 Å². The molecule has 0 radical (unpaired) electrons. The predicted octanol–water partition coefficient (Wildman–Crippen LogP) is 0.925. The Hall–Kier alpha value is -3.93. The molecule has 3 rings (SSSR count). The summed E-state index contributed by atoms with van der Waals surface area (Å²) in [5, 5.41) is 23.1. The Morgan fingerprint density at radius 1 is 1.16 bits per heavy atom. The number of nitro groups is 1. The molecule has 0 unspecified atom stereocenters. The number of nitrogens with one attached hydrogen (secondary N) is 2. The summed E-state index contributed by atoms with van der Waals surface area (Å²) in [6.07, 6.45) is 1.91. The average molecular weight is 459 g/mol. The first-order valence-electron chi connectivity index (χ1n) is 9.36. The maximum absolute atomic E-state index is 12.7. The first kappa shape index (κ1) is 22.7. The number of hydrogen-bond donors (Lipinski definition) is 2. The number of carbonyl (C=O) groups is 2. The average Bonchev–Trinajstić information content (AvgIpc) is 3.17. The molecule has 12 heteroatoms. The maximum Gasteiger partial charge on any atom is 0.269 e. The molecule has 1 heterocycles. The molecule has 32 heavy (non-hydrogen) atoms. The fourth-order valence-corrected chi connectivity index (χ4v) is 3.74. The molecule has 1 aliphatic heterocycles. The summed E-state index contributed by atoms with van der Waals surface area (Å²) in [4.78, 5) is 34.0. The van der Waals surface area contributed by atoms with Gasteiger partial charge in [-0.2, -0.15) is 0 Å². The Labute approximate surface area is 183 Å². The van der Waals surface area contributed by atoms with Gasteiger partial charge in [0.2, 0.25) is 15.9 Å². The van der Waals surface area contributed by atoms with E-state index in [0.29, 0.717) is 22.5 Å². The van der Waals surface area contributed by atoms with Gasteiger partial charge in [-0.05, 0) is 35.8 Å². The molecule has 1 aliphatic rings. The second-order valence-corrected chi connectivity index (χ2v) is 8.82. The minimum absolute atomic E-state index is 0.150. The molecule has 0 spiro atoms. The predicted molar refractivity (Wildman–Crippen MR) is 113 cm³/mol. The lowest BCUT2D eigenvalue weighted by Gasteiger charge is -2.25. The molecule has 11 nitrogen and oxygen atoms in total. The largest absolute Gasteiger partial charge is 0.550 e. The third-order valence-corrected chi connectivity index (χ3v) is 5.18. The molecule has 0 saturated carbocycles. The summed E-state index contributed by atoms with van der Waals surface area (Å²) in [5.74, 6) is -1.90. The highest BCUT2D eigenvalue weighted by Gasteiger charge is 2.31. The number of sulfonamides is 1. The Morgan fingerprint density at radius 2 is 1.84 bits per heavy atom. The molecular weight excluding hydrogens is 440 g/mol. The Balaban J connectivity index is 1.93. The van der Waals surface area contributed by atoms with Crippen LogP contribution in [0, 0.1) is 10.1 Å². The van der Waals surface area contributed by atoms with Gasteiger partial charge in [-0.25, -0.2) is 13.4 Å². The zero-order valence-corrected chi connectivity index (χ0v) is 17.7. The first-order chi connectivity index (χ1) is 15.0. The molecule has 0 bridgehead atoms. The van der Waals surface area contributed by atoms with Crippen LogP contribution in [0.1, 0.15) is 30.0 Å². The van der Waals surface area contributed by atoms with E-state index in [0.717, 1.165) is 6.26 Å². The number of carboxylic acid groups (broad SMARTS) is 1. The van der Waals surface area contributed by atoms with Crippen molar-refractivity contribution < 1.29 is 28.0 Å².